The van der Waals surface area contributed by atoms with Gasteiger partial charge in [-0.3, -0.25) is 0 Å². The number of anilines is 2. The number of hydrogen-bond donors (Lipinski definition) is 3. The highest BCUT2D eigenvalue weighted by molar-refractivity contribution is 6.37. The van der Waals surface area contributed by atoms with Gasteiger partial charge < -0.3 is 15.7 Å². The van der Waals surface area contributed by atoms with Gasteiger partial charge in [0.25, 0.3) is 0 Å². The van der Waals surface area contributed by atoms with E-state index in [-0.39, 0.29) is 12.1 Å². The summed E-state index contributed by atoms with van der Waals surface area (Å²) >= 11 is 12.2. The van der Waals surface area contributed by atoms with E-state index >= 15 is 0 Å². The fourth-order valence-corrected chi connectivity index (χ4v) is 2.79. The molecule has 0 aromatic carbocycles. The fraction of sp³-hybridized carbons (Fsp3) is 0.615. The Hall–Kier alpha value is -0.710. The van der Waals surface area contributed by atoms with Crippen molar-refractivity contribution in [3.05, 3.63) is 16.1 Å². The monoisotopic (exact) mass is 303 g/mol. The van der Waals surface area contributed by atoms with Crippen molar-refractivity contribution in [2.75, 3.05) is 17.2 Å². The summed E-state index contributed by atoms with van der Waals surface area (Å²) in [5, 5.41) is 17.3. The van der Waals surface area contributed by atoms with Crippen molar-refractivity contribution in [1.82, 2.24) is 4.98 Å². The minimum atomic E-state index is -0.343. The highest BCUT2D eigenvalue weighted by atomic mass is 35.5. The maximum atomic E-state index is 9.97. The van der Waals surface area contributed by atoms with Crippen molar-refractivity contribution >= 4 is 34.8 Å². The third-order valence-corrected chi connectivity index (χ3v) is 3.90. The van der Waals surface area contributed by atoms with E-state index in [0.29, 0.717) is 21.7 Å². The van der Waals surface area contributed by atoms with Gasteiger partial charge in [0.2, 0.25) is 0 Å². The van der Waals surface area contributed by atoms with E-state index in [9.17, 15) is 5.11 Å². The third-order valence-electron chi connectivity index (χ3n) is 3.33. The van der Waals surface area contributed by atoms with E-state index in [1.807, 2.05) is 6.92 Å². The Morgan fingerprint density at radius 1 is 1.26 bits per heavy atom. The second-order valence-corrected chi connectivity index (χ2v) is 5.60. The zero-order valence-electron chi connectivity index (χ0n) is 10.9. The van der Waals surface area contributed by atoms with Crippen molar-refractivity contribution < 1.29 is 5.11 Å². The first kappa shape index (κ1) is 14.7. The van der Waals surface area contributed by atoms with Crippen molar-refractivity contribution in [3.63, 3.8) is 0 Å². The van der Waals surface area contributed by atoms with Gasteiger partial charge in [0.05, 0.1) is 22.2 Å². The summed E-state index contributed by atoms with van der Waals surface area (Å²) in [5.41, 5.74) is 0. The van der Waals surface area contributed by atoms with Crippen LogP contribution in [0.4, 0.5) is 11.6 Å². The largest absolute Gasteiger partial charge is 0.391 e. The molecule has 106 valence electrons. The number of aliphatic hydroxyl groups excluding tert-OH is 1. The summed E-state index contributed by atoms with van der Waals surface area (Å²) in [7, 11) is 0. The molecule has 1 aromatic rings. The molecule has 0 bridgehead atoms. The maximum absolute atomic E-state index is 9.97. The van der Waals surface area contributed by atoms with Crippen molar-refractivity contribution in [1.29, 1.82) is 0 Å². The number of nitrogens with zero attached hydrogens (tertiary/aromatic N) is 1. The summed E-state index contributed by atoms with van der Waals surface area (Å²) in [6.07, 6.45) is 3.59. The molecule has 2 rings (SSSR count). The number of aliphatic hydroxyl groups is 1. The van der Waals surface area contributed by atoms with Crippen LogP contribution in [-0.4, -0.2) is 28.8 Å². The Bertz CT molecular complexity index is 442. The van der Waals surface area contributed by atoms with Gasteiger partial charge in [0.15, 0.2) is 0 Å². The first-order chi connectivity index (χ1) is 9.11. The maximum Gasteiger partial charge on any atom is 0.147 e. The van der Waals surface area contributed by atoms with Crippen LogP contribution in [0.1, 0.15) is 32.6 Å². The van der Waals surface area contributed by atoms with Crippen LogP contribution in [-0.2, 0) is 0 Å². The number of pyridine rings is 1. The molecule has 4 nitrogen and oxygen atoms in total. The number of aromatic nitrogens is 1. The molecule has 0 amide bonds. The topological polar surface area (TPSA) is 57.2 Å². The van der Waals surface area contributed by atoms with Crippen LogP contribution in [0.5, 0.6) is 0 Å². The average Bonchev–Trinajstić information content (AvgIpc) is 2.38. The van der Waals surface area contributed by atoms with Crippen LogP contribution >= 0.6 is 23.2 Å². The summed E-state index contributed by atoms with van der Waals surface area (Å²) in [5.74, 6) is 1.19. The van der Waals surface area contributed by atoms with Crippen LogP contribution in [0.2, 0.25) is 10.0 Å². The van der Waals surface area contributed by atoms with Gasteiger partial charge in [-0.15, -0.1) is 0 Å². The zero-order chi connectivity index (χ0) is 13.8. The van der Waals surface area contributed by atoms with Gasteiger partial charge in [-0.2, -0.15) is 0 Å². The van der Waals surface area contributed by atoms with Crippen LogP contribution in [0.25, 0.3) is 0 Å². The van der Waals surface area contributed by atoms with Gasteiger partial charge in [-0.1, -0.05) is 36.0 Å². The van der Waals surface area contributed by atoms with Crippen molar-refractivity contribution in [2.45, 2.75) is 44.8 Å². The first-order valence-electron chi connectivity index (χ1n) is 6.66. The lowest BCUT2D eigenvalue weighted by Gasteiger charge is -2.29. The molecule has 2 unspecified atom stereocenters. The molecule has 2 atom stereocenters. The summed E-state index contributed by atoms with van der Waals surface area (Å²) in [6.45, 7) is 2.71. The number of rotatable bonds is 4. The smallest absolute Gasteiger partial charge is 0.147 e. The molecule has 6 heteroatoms. The fourth-order valence-electron chi connectivity index (χ4n) is 2.31. The molecule has 1 aromatic heterocycles. The average molecular weight is 304 g/mol. The van der Waals surface area contributed by atoms with E-state index in [2.05, 4.69) is 15.6 Å². The zero-order valence-corrected chi connectivity index (χ0v) is 12.4. The van der Waals surface area contributed by atoms with E-state index in [1.54, 1.807) is 6.07 Å². The standard InChI is InChI=1S/C13H19Cl2N3O/c1-2-16-12-8(14)7-9(15)13(18-12)17-10-5-3-4-6-11(10)19/h7,10-11,19H,2-6H2,1H3,(H2,16,17,18). The minimum Gasteiger partial charge on any atom is -0.391 e. The molecule has 1 heterocycles. The number of nitrogens with one attached hydrogen (secondary N) is 2. The lowest BCUT2D eigenvalue weighted by Crippen LogP contribution is -2.36. The molecule has 1 fully saturated rings. The second-order valence-electron chi connectivity index (χ2n) is 4.78. The lowest BCUT2D eigenvalue weighted by atomic mass is 9.92. The molecule has 1 aliphatic rings. The Morgan fingerprint density at radius 2 is 1.95 bits per heavy atom. The quantitative estimate of drug-likeness (QED) is 0.796. The van der Waals surface area contributed by atoms with Gasteiger partial charge in [0.1, 0.15) is 11.6 Å². The Morgan fingerprint density at radius 3 is 2.63 bits per heavy atom. The van der Waals surface area contributed by atoms with E-state index in [4.69, 9.17) is 23.2 Å². The molecule has 0 spiro atoms. The van der Waals surface area contributed by atoms with Crippen LogP contribution < -0.4 is 10.6 Å². The van der Waals surface area contributed by atoms with E-state index in [1.165, 1.54) is 0 Å². The van der Waals surface area contributed by atoms with E-state index < -0.39 is 0 Å². The highest BCUT2D eigenvalue weighted by Gasteiger charge is 2.24. The van der Waals surface area contributed by atoms with E-state index in [0.717, 1.165) is 32.2 Å². The van der Waals surface area contributed by atoms with Gasteiger partial charge in [-0.05, 0) is 25.8 Å². The van der Waals surface area contributed by atoms with Gasteiger partial charge in [-0.25, -0.2) is 4.98 Å². The summed E-state index contributed by atoms with van der Waals surface area (Å²) in [4.78, 5) is 4.39. The predicted octanol–water partition coefficient (Wildman–Crippen LogP) is 3.54. The normalized spacial score (nSPS) is 23.2. The third kappa shape index (κ3) is 3.65. The molecule has 0 aliphatic heterocycles. The number of hydrogen-bond acceptors (Lipinski definition) is 4. The van der Waals surface area contributed by atoms with Crippen LogP contribution in [0, 0.1) is 0 Å². The van der Waals surface area contributed by atoms with Gasteiger partial charge in [0, 0.05) is 6.54 Å². The highest BCUT2D eigenvalue weighted by Crippen LogP contribution is 2.31. The van der Waals surface area contributed by atoms with Crippen LogP contribution in [0.15, 0.2) is 6.07 Å². The Kier molecular flexibility index (Phi) is 5.13. The second kappa shape index (κ2) is 6.64. The predicted molar refractivity (Wildman–Crippen MR) is 80.3 cm³/mol. The molecule has 0 radical (unpaired) electrons. The Labute approximate surface area is 123 Å². The molecule has 19 heavy (non-hydrogen) atoms. The molecular weight excluding hydrogens is 285 g/mol. The number of halogens is 2. The molecular formula is C13H19Cl2N3O. The summed E-state index contributed by atoms with van der Waals surface area (Å²) < 4.78 is 0. The minimum absolute atomic E-state index is 0.00871. The molecule has 3 N–H and O–H groups in total. The van der Waals surface area contributed by atoms with Crippen molar-refractivity contribution in [3.8, 4) is 0 Å². The molecule has 1 saturated carbocycles. The molecule has 0 saturated heterocycles. The molecule has 1 aliphatic carbocycles. The lowest BCUT2D eigenvalue weighted by molar-refractivity contribution is 0.116. The van der Waals surface area contributed by atoms with Gasteiger partial charge >= 0.3 is 0 Å². The van der Waals surface area contributed by atoms with Crippen LogP contribution in [0.3, 0.4) is 0 Å². The SMILES string of the molecule is CCNc1nc(NC2CCCCC2O)c(Cl)cc1Cl. The first-order valence-corrected chi connectivity index (χ1v) is 7.42. The summed E-state index contributed by atoms with van der Waals surface area (Å²) in [6, 6.07) is 1.68. The Balaban J connectivity index is 2.16. The van der Waals surface area contributed by atoms with Crippen molar-refractivity contribution in [2.24, 2.45) is 0 Å².